The minimum Gasteiger partial charge on any atom is -0.465 e. The second kappa shape index (κ2) is 6.33. The van der Waals surface area contributed by atoms with Gasteiger partial charge in [0.2, 0.25) is 0 Å². The van der Waals surface area contributed by atoms with Crippen LogP contribution in [0.4, 0.5) is 14.9 Å². The Hall–Kier alpha value is -3.48. The van der Waals surface area contributed by atoms with E-state index in [0.29, 0.717) is 10.7 Å². The van der Waals surface area contributed by atoms with Crippen LogP contribution in [-0.2, 0) is 9.59 Å². The van der Waals surface area contributed by atoms with Gasteiger partial charge in [0.1, 0.15) is 17.2 Å². The van der Waals surface area contributed by atoms with Gasteiger partial charge < -0.3 is 4.42 Å². The zero-order chi connectivity index (χ0) is 17.1. The summed E-state index contributed by atoms with van der Waals surface area (Å²) in [6.45, 7) is 0. The number of allylic oxidation sites excluding steroid dienone is 2. The van der Waals surface area contributed by atoms with Crippen molar-refractivity contribution < 1.29 is 23.2 Å². The summed E-state index contributed by atoms with van der Waals surface area (Å²) in [6.07, 6.45) is 5.68. The molecule has 0 saturated carbocycles. The molecule has 1 aliphatic rings. The number of rotatable bonds is 3. The molecule has 24 heavy (non-hydrogen) atoms. The average molecular weight is 326 g/mol. The van der Waals surface area contributed by atoms with Gasteiger partial charge in [0.15, 0.2) is 0 Å². The topological polar surface area (TPSA) is 79.6 Å². The number of barbiturate groups is 1. The summed E-state index contributed by atoms with van der Waals surface area (Å²) in [4.78, 5) is 36.8. The maximum absolute atomic E-state index is 13.9. The van der Waals surface area contributed by atoms with E-state index in [9.17, 15) is 18.8 Å². The molecule has 0 unspecified atom stereocenters. The number of halogens is 1. The van der Waals surface area contributed by atoms with E-state index < -0.39 is 23.7 Å². The minimum atomic E-state index is -0.998. The molecule has 1 N–H and O–H groups in total. The van der Waals surface area contributed by atoms with Gasteiger partial charge >= 0.3 is 6.03 Å². The van der Waals surface area contributed by atoms with Crippen molar-refractivity contribution in [2.75, 3.05) is 4.90 Å². The molecule has 6 nitrogen and oxygen atoms in total. The van der Waals surface area contributed by atoms with Gasteiger partial charge in [0.25, 0.3) is 11.8 Å². The number of urea groups is 1. The standard InChI is InChI=1S/C17H11FN2O4/c18-13-8-1-2-9-14(13)20-16(22)12(15(21)19-17(20)23)7-3-5-11-6-4-10-24-11/h1-10H,(H,19,21,23)/b5-3+,12-7-. The number of benzene rings is 1. The van der Waals surface area contributed by atoms with Crippen LogP contribution >= 0.6 is 0 Å². The Morgan fingerprint density at radius 1 is 1.08 bits per heavy atom. The number of nitrogens with one attached hydrogen (secondary N) is 1. The molecule has 0 spiro atoms. The number of para-hydroxylation sites is 1. The lowest BCUT2D eigenvalue weighted by Crippen LogP contribution is -2.54. The van der Waals surface area contributed by atoms with E-state index in [2.05, 4.69) is 0 Å². The highest BCUT2D eigenvalue weighted by atomic mass is 19.1. The lowest BCUT2D eigenvalue weighted by molar-refractivity contribution is -0.122. The van der Waals surface area contributed by atoms with Crippen molar-refractivity contribution in [2.45, 2.75) is 0 Å². The van der Waals surface area contributed by atoms with Crippen LogP contribution in [0.5, 0.6) is 0 Å². The summed E-state index contributed by atoms with van der Waals surface area (Å²) in [5, 5.41) is 2.01. The molecule has 2 heterocycles. The van der Waals surface area contributed by atoms with Crippen LogP contribution in [0.1, 0.15) is 5.76 Å². The van der Waals surface area contributed by atoms with Gasteiger partial charge in [-0.05, 0) is 36.4 Å². The fourth-order valence-electron chi connectivity index (χ4n) is 2.15. The maximum Gasteiger partial charge on any atom is 0.336 e. The first-order valence-corrected chi connectivity index (χ1v) is 6.94. The molecule has 7 heteroatoms. The van der Waals surface area contributed by atoms with Crippen molar-refractivity contribution in [1.82, 2.24) is 5.32 Å². The van der Waals surface area contributed by atoms with Gasteiger partial charge in [0, 0.05) is 0 Å². The van der Waals surface area contributed by atoms with Crippen LogP contribution in [0.2, 0.25) is 0 Å². The molecule has 1 aromatic heterocycles. The van der Waals surface area contributed by atoms with Gasteiger partial charge in [0.05, 0.1) is 12.0 Å². The van der Waals surface area contributed by atoms with Crippen molar-refractivity contribution in [3.63, 3.8) is 0 Å². The predicted octanol–water partition coefficient (Wildman–Crippen LogP) is 2.64. The lowest BCUT2D eigenvalue weighted by atomic mass is 10.1. The van der Waals surface area contributed by atoms with Crippen LogP contribution in [0.25, 0.3) is 6.08 Å². The first kappa shape index (κ1) is 15.4. The van der Waals surface area contributed by atoms with E-state index in [1.807, 2.05) is 5.32 Å². The van der Waals surface area contributed by atoms with Crippen LogP contribution in [0, 0.1) is 5.82 Å². The smallest absolute Gasteiger partial charge is 0.336 e. The molecular formula is C17H11FN2O4. The first-order chi connectivity index (χ1) is 11.6. The molecule has 3 rings (SSSR count). The van der Waals surface area contributed by atoms with E-state index >= 15 is 0 Å². The molecule has 1 aromatic carbocycles. The summed E-state index contributed by atoms with van der Waals surface area (Å²) in [5.74, 6) is -1.97. The largest absolute Gasteiger partial charge is 0.465 e. The molecule has 0 radical (unpaired) electrons. The molecular weight excluding hydrogens is 315 g/mol. The Kier molecular flexibility index (Phi) is 4.07. The fraction of sp³-hybridized carbons (Fsp3) is 0. The van der Waals surface area contributed by atoms with Crippen molar-refractivity contribution in [3.05, 3.63) is 72.0 Å². The Morgan fingerprint density at radius 3 is 2.58 bits per heavy atom. The zero-order valence-corrected chi connectivity index (χ0v) is 12.2. The third-order valence-corrected chi connectivity index (χ3v) is 3.26. The highest BCUT2D eigenvalue weighted by Gasteiger charge is 2.37. The second-order valence-electron chi connectivity index (χ2n) is 4.81. The van der Waals surface area contributed by atoms with Crippen molar-refractivity contribution >= 4 is 29.6 Å². The number of imide groups is 2. The van der Waals surface area contributed by atoms with Gasteiger partial charge in [-0.3, -0.25) is 14.9 Å². The molecule has 1 saturated heterocycles. The van der Waals surface area contributed by atoms with Gasteiger partial charge in [-0.15, -0.1) is 0 Å². The van der Waals surface area contributed by atoms with Gasteiger partial charge in [-0.2, -0.15) is 0 Å². The quantitative estimate of drug-likeness (QED) is 0.694. The highest BCUT2D eigenvalue weighted by Crippen LogP contribution is 2.23. The van der Waals surface area contributed by atoms with Crippen molar-refractivity contribution in [2.24, 2.45) is 0 Å². The third-order valence-electron chi connectivity index (χ3n) is 3.26. The summed E-state index contributed by atoms with van der Waals surface area (Å²) in [7, 11) is 0. The summed E-state index contributed by atoms with van der Waals surface area (Å²) in [6, 6.07) is 7.68. The maximum atomic E-state index is 13.9. The number of furan rings is 1. The summed E-state index contributed by atoms with van der Waals surface area (Å²) >= 11 is 0. The van der Waals surface area contributed by atoms with Crippen LogP contribution in [-0.4, -0.2) is 17.8 Å². The monoisotopic (exact) mass is 326 g/mol. The molecule has 1 aliphatic heterocycles. The van der Waals surface area contributed by atoms with Crippen LogP contribution in [0.15, 0.2) is 64.8 Å². The number of amides is 4. The predicted molar refractivity (Wildman–Crippen MR) is 83.2 cm³/mol. The molecule has 0 bridgehead atoms. The molecule has 1 fully saturated rings. The Morgan fingerprint density at radius 2 is 1.88 bits per heavy atom. The third kappa shape index (κ3) is 2.87. The number of carbonyl (C=O) groups is 3. The van der Waals surface area contributed by atoms with E-state index in [1.54, 1.807) is 12.1 Å². The van der Waals surface area contributed by atoms with Gasteiger partial charge in [-0.1, -0.05) is 18.2 Å². The number of hydrogen-bond acceptors (Lipinski definition) is 4. The van der Waals surface area contributed by atoms with Crippen molar-refractivity contribution in [3.8, 4) is 0 Å². The minimum absolute atomic E-state index is 0.228. The fourth-order valence-corrected chi connectivity index (χ4v) is 2.15. The SMILES string of the molecule is O=C1NC(=O)N(c2ccccc2F)C(=O)/C1=C\C=C\c1ccco1. The molecule has 120 valence electrons. The number of nitrogens with zero attached hydrogens (tertiary/aromatic N) is 1. The van der Waals surface area contributed by atoms with Crippen LogP contribution in [0.3, 0.4) is 0 Å². The van der Waals surface area contributed by atoms with E-state index in [0.717, 1.165) is 6.07 Å². The molecule has 0 aliphatic carbocycles. The average Bonchev–Trinajstić information content (AvgIpc) is 3.05. The van der Waals surface area contributed by atoms with Crippen molar-refractivity contribution in [1.29, 1.82) is 0 Å². The molecule has 4 amide bonds. The number of anilines is 1. The zero-order valence-electron chi connectivity index (χ0n) is 12.2. The Balaban J connectivity index is 1.93. The van der Waals surface area contributed by atoms with Gasteiger partial charge in [-0.25, -0.2) is 14.1 Å². The number of hydrogen-bond donors (Lipinski definition) is 1. The van der Waals surface area contributed by atoms with E-state index in [4.69, 9.17) is 4.42 Å². The second-order valence-corrected chi connectivity index (χ2v) is 4.81. The number of carbonyl (C=O) groups excluding carboxylic acids is 3. The summed E-state index contributed by atoms with van der Waals surface area (Å²) < 4.78 is 19.0. The Labute approximate surface area is 135 Å². The molecule has 2 aromatic rings. The lowest BCUT2D eigenvalue weighted by Gasteiger charge is -2.26. The normalized spacial score (nSPS) is 17.0. The molecule has 0 atom stereocenters. The first-order valence-electron chi connectivity index (χ1n) is 6.94. The summed E-state index contributed by atoms with van der Waals surface area (Å²) in [5.41, 5.74) is -0.519. The van der Waals surface area contributed by atoms with Crippen LogP contribution < -0.4 is 10.2 Å². The van der Waals surface area contributed by atoms with E-state index in [1.165, 1.54) is 42.7 Å². The highest BCUT2D eigenvalue weighted by molar-refractivity contribution is 6.37. The van der Waals surface area contributed by atoms with E-state index in [-0.39, 0.29) is 11.3 Å². The Bertz CT molecular complexity index is 868.